The summed E-state index contributed by atoms with van der Waals surface area (Å²) in [5.74, 6) is -0.597. The molecule has 0 spiro atoms. The molecule has 0 saturated heterocycles. The predicted octanol–water partition coefficient (Wildman–Crippen LogP) is 3.89. The SMILES string of the molecule is C[C@H](N[C@H](C)c1ccc2c(c1)CCCC2)C(=O)Nc1sc2c(c1C(N)=O)CCC2. The lowest BCUT2D eigenvalue weighted by atomic mass is 9.89. The van der Waals surface area contributed by atoms with Gasteiger partial charge in [0.05, 0.1) is 11.6 Å². The minimum Gasteiger partial charge on any atom is -0.365 e. The van der Waals surface area contributed by atoms with Crippen LogP contribution in [0.15, 0.2) is 18.2 Å². The number of hydrogen-bond donors (Lipinski definition) is 3. The molecule has 0 saturated carbocycles. The first-order chi connectivity index (χ1) is 13.9. The minimum atomic E-state index is -0.456. The van der Waals surface area contributed by atoms with Gasteiger partial charge in [-0.05, 0) is 81.0 Å². The van der Waals surface area contributed by atoms with Gasteiger partial charge in [0, 0.05) is 10.9 Å². The number of aryl methyl sites for hydroxylation is 3. The summed E-state index contributed by atoms with van der Waals surface area (Å²) in [4.78, 5) is 25.9. The van der Waals surface area contributed by atoms with Crippen LogP contribution >= 0.6 is 11.3 Å². The van der Waals surface area contributed by atoms with E-state index in [4.69, 9.17) is 5.73 Å². The van der Waals surface area contributed by atoms with E-state index in [0.717, 1.165) is 31.2 Å². The Hall–Kier alpha value is -2.18. The van der Waals surface area contributed by atoms with E-state index >= 15 is 0 Å². The third-order valence-corrected chi connectivity index (χ3v) is 7.38. The van der Waals surface area contributed by atoms with Crippen LogP contribution in [0, 0.1) is 0 Å². The third kappa shape index (κ3) is 4.09. The summed E-state index contributed by atoms with van der Waals surface area (Å²) in [6.45, 7) is 3.94. The molecule has 5 nitrogen and oxygen atoms in total. The van der Waals surface area contributed by atoms with E-state index in [-0.39, 0.29) is 11.9 Å². The highest BCUT2D eigenvalue weighted by atomic mass is 32.1. The number of nitrogens with one attached hydrogen (secondary N) is 2. The van der Waals surface area contributed by atoms with Gasteiger partial charge in [0.25, 0.3) is 5.91 Å². The van der Waals surface area contributed by atoms with Crippen molar-refractivity contribution in [3.05, 3.63) is 50.9 Å². The van der Waals surface area contributed by atoms with Crippen molar-refractivity contribution in [2.75, 3.05) is 5.32 Å². The van der Waals surface area contributed by atoms with Crippen LogP contribution in [0.4, 0.5) is 5.00 Å². The normalized spacial score (nSPS) is 17.3. The zero-order valence-corrected chi connectivity index (χ0v) is 18.0. The maximum absolute atomic E-state index is 12.8. The lowest BCUT2D eigenvalue weighted by molar-refractivity contribution is -0.117. The van der Waals surface area contributed by atoms with Crippen molar-refractivity contribution < 1.29 is 9.59 Å². The Balaban J connectivity index is 1.43. The molecule has 2 aromatic rings. The van der Waals surface area contributed by atoms with Gasteiger partial charge in [0.1, 0.15) is 5.00 Å². The van der Waals surface area contributed by atoms with Crippen molar-refractivity contribution in [2.45, 2.75) is 70.9 Å². The molecule has 2 aliphatic carbocycles. The Bertz CT molecular complexity index is 950. The lowest BCUT2D eigenvalue weighted by Gasteiger charge is -2.22. The van der Waals surface area contributed by atoms with E-state index in [1.807, 2.05) is 6.92 Å². The molecule has 29 heavy (non-hydrogen) atoms. The summed E-state index contributed by atoms with van der Waals surface area (Å²) >= 11 is 1.49. The highest BCUT2D eigenvalue weighted by molar-refractivity contribution is 7.17. The van der Waals surface area contributed by atoms with E-state index in [9.17, 15) is 9.59 Å². The van der Waals surface area contributed by atoms with Gasteiger partial charge in [-0.15, -0.1) is 11.3 Å². The predicted molar refractivity (Wildman–Crippen MR) is 118 cm³/mol. The number of benzene rings is 1. The molecule has 0 unspecified atom stereocenters. The highest BCUT2D eigenvalue weighted by Gasteiger charge is 2.27. The van der Waals surface area contributed by atoms with Gasteiger partial charge in [0.15, 0.2) is 0 Å². The lowest BCUT2D eigenvalue weighted by Crippen LogP contribution is -2.39. The summed E-state index contributed by atoms with van der Waals surface area (Å²) in [6.07, 6.45) is 7.71. The fourth-order valence-electron chi connectivity index (χ4n) is 4.54. The van der Waals surface area contributed by atoms with Crippen molar-refractivity contribution >= 4 is 28.2 Å². The number of primary amides is 1. The molecule has 6 heteroatoms. The van der Waals surface area contributed by atoms with Crippen molar-refractivity contribution in [2.24, 2.45) is 5.73 Å². The average molecular weight is 412 g/mol. The standard InChI is InChI=1S/C23H29N3O2S/c1-13(16-11-10-15-6-3-4-7-17(15)12-16)25-14(2)22(28)26-23-20(21(24)27)18-8-5-9-19(18)29-23/h10-14,25H,3-9H2,1-2H3,(H2,24,27)(H,26,28)/t13-,14+/m1/s1. The van der Waals surface area contributed by atoms with Crippen LogP contribution in [0.2, 0.25) is 0 Å². The molecule has 4 N–H and O–H groups in total. The summed E-state index contributed by atoms with van der Waals surface area (Å²) in [5, 5.41) is 6.94. The monoisotopic (exact) mass is 411 g/mol. The molecular formula is C23H29N3O2S. The van der Waals surface area contributed by atoms with Crippen LogP contribution in [-0.4, -0.2) is 17.9 Å². The fraction of sp³-hybridized carbons (Fsp3) is 0.478. The summed E-state index contributed by atoms with van der Waals surface area (Å²) < 4.78 is 0. The van der Waals surface area contributed by atoms with Gasteiger partial charge in [0.2, 0.25) is 5.91 Å². The average Bonchev–Trinajstić information content (AvgIpc) is 3.27. The number of carbonyl (C=O) groups excluding carboxylic acids is 2. The van der Waals surface area contributed by atoms with Gasteiger partial charge < -0.3 is 11.1 Å². The third-order valence-electron chi connectivity index (χ3n) is 6.17. The van der Waals surface area contributed by atoms with Gasteiger partial charge in [-0.3, -0.25) is 14.9 Å². The smallest absolute Gasteiger partial charge is 0.251 e. The summed E-state index contributed by atoms with van der Waals surface area (Å²) in [6, 6.07) is 6.36. The Kier molecular flexibility index (Phi) is 5.74. The molecule has 2 atom stereocenters. The summed E-state index contributed by atoms with van der Waals surface area (Å²) in [7, 11) is 0. The van der Waals surface area contributed by atoms with Crippen molar-refractivity contribution in [1.29, 1.82) is 0 Å². The molecule has 1 aromatic heterocycles. The van der Waals surface area contributed by atoms with E-state index in [0.29, 0.717) is 10.6 Å². The molecule has 2 amide bonds. The molecule has 0 fully saturated rings. The molecule has 2 aliphatic rings. The second-order valence-corrected chi connectivity index (χ2v) is 9.37. The topological polar surface area (TPSA) is 84.2 Å². The molecule has 0 bridgehead atoms. The first kappa shape index (κ1) is 20.1. The molecular weight excluding hydrogens is 382 g/mol. The number of hydrogen-bond acceptors (Lipinski definition) is 4. The Morgan fingerprint density at radius 2 is 1.79 bits per heavy atom. The second kappa shape index (κ2) is 8.28. The molecule has 4 rings (SSSR count). The van der Waals surface area contributed by atoms with E-state index < -0.39 is 11.9 Å². The number of fused-ring (bicyclic) bond motifs is 2. The van der Waals surface area contributed by atoms with Gasteiger partial charge in [-0.1, -0.05) is 18.2 Å². The summed E-state index contributed by atoms with van der Waals surface area (Å²) in [5.41, 5.74) is 11.2. The largest absolute Gasteiger partial charge is 0.365 e. The van der Waals surface area contributed by atoms with Crippen LogP contribution in [0.25, 0.3) is 0 Å². The van der Waals surface area contributed by atoms with Crippen molar-refractivity contribution in [3.8, 4) is 0 Å². The van der Waals surface area contributed by atoms with E-state index in [1.165, 1.54) is 52.2 Å². The number of carbonyl (C=O) groups is 2. The number of anilines is 1. The Morgan fingerprint density at radius 3 is 2.55 bits per heavy atom. The number of thiophene rings is 1. The molecule has 0 radical (unpaired) electrons. The van der Waals surface area contributed by atoms with E-state index in [2.05, 4.69) is 35.8 Å². The quantitative estimate of drug-likeness (QED) is 0.674. The zero-order valence-electron chi connectivity index (χ0n) is 17.1. The van der Waals surface area contributed by atoms with Crippen LogP contribution in [-0.2, 0) is 30.5 Å². The Labute approximate surface area is 176 Å². The number of rotatable bonds is 6. The van der Waals surface area contributed by atoms with Crippen LogP contribution in [0.1, 0.15) is 76.6 Å². The maximum Gasteiger partial charge on any atom is 0.251 e. The van der Waals surface area contributed by atoms with Crippen LogP contribution in [0.3, 0.4) is 0 Å². The minimum absolute atomic E-state index is 0.0620. The first-order valence-electron chi connectivity index (χ1n) is 10.6. The molecule has 0 aliphatic heterocycles. The zero-order chi connectivity index (χ0) is 20.5. The molecule has 1 heterocycles. The van der Waals surface area contributed by atoms with Crippen molar-refractivity contribution in [3.63, 3.8) is 0 Å². The number of nitrogens with two attached hydrogens (primary N) is 1. The Morgan fingerprint density at radius 1 is 1.03 bits per heavy atom. The van der Waals surface area contributed by atoms with Gasteiger partial charge >= 0.3 is 0 Å². The second-order valence-electron chi connectivity index (χ2n) is 8.26. The molecule has 154 valence electrons. The van der Waals surface area contributed by atoms with Crippen LogP contribution in [0.5, 0.6) is 0 Å². The highest BCUT2D eigenvalue weighted by Crippen LogP contribution is 2.38. The van der Waals surface area contributed by atoms with Crippen LogP contribution < -0.4 is 16.4 Å². The van der Waals surface area contributed by atoms with E-state index in [1.54, 1.807) is 0 Å². The molecule has 1 aromatic carbocycles. The number of amides is 2. The fourth-order valence-corrected chi connectivity index (χ4v) is 5.84. The van der Waals surface area contributed by atoms with Gasteiger partial charge in [-0.2, -0.15) is 0 Å². The first-order valence-corrected chi connectivity index (χ1v) is 11.4. The van der Waals surface area contributed by atoms with Gasteiger partial charge in [-0.25, -0.2) is 0 Å². The maximum atomic E-state index is 12.8. The van der Waals surface area contributed by atoms with Crippen molar-refractivity contribution in [1.82, 2.24) is 5.32 Å².